The third-order valence-electron chi connectivity index (χ3n) is 3.09. The summed E-state index contributed by atoms with van der Waals surface area (Å²) in [5.74, 6) is -1.70. The second kappa shape index (κ2) is 6.10. The van der Waals surface area contributed by atoms with Gasteiger partial charge in [0, 0.05) is 11.2 Å². The maximum absolute atomic E-state index is 13.3. The zero-order valence-electron chi connectivity index (χ0n) is 11.8. The molecule has 2 aromatic rings. The first kappa shape index (κ1) is 16.5. The first-order valence-electron chi connectivity index (χ1n) is 6.15. The van der Waals surface area contributed by atoms with Crippen molar-refractivity contribution >= 4 is 27.6 Å². The average Bonchev–Trinajstić information content (AvgIpc) is 2.45. The van der Waals surface area contributed by atoms with E-state index >= 15 is 0 Å². The first-order chi connectivity index (χ1) is 10.2. The number of halogens is 1. The van der Waals surface area contributed by atoms with Crippen molar-refractivity contribution in [1.29, 1.82) is 0 Å². The molecule has 2 aromatic carbocycles. The molecule has 0 saturated carbocycles. The standard InChI is InChI=1S/C15H13FO4S2/c1-21-13-8-10(16)4-6-11(13)9-3-5-12(15(17)18)14(7-9)22(2,19)20/h3-8H,1-2H3,(H,17,18). The van der Waals surface area contributed by atoms with Gasteiger partial charge >= 0.3 is 5.97 Å². The summed E-state index contributed by atoms with van der Waals surface area (Å²) in [5.41, 5.74) is 0.893. The van der Waals surface area contributed by atoms with Crippen LogP contribution < -0.4 is 0 Å². The lowest BCUT2D eigenvalue weighted by atomic mass is 10.0. The number of carbonyl (C=O) groups is 1. The topological polar surface area (TPSA) is 71.4 Å². The number of rotatable bonds is 4. The highest BCUT2D eigenvalue weighted by Gasteiger charge is 2.20. The van der Waals surface area contributed by atoms with Crippen molar-refractivity contribution in [3.8, 4) is 11.1 Å². The summed E-state index contributed by atoms with van der Waals surface area (Å²) >= 11 is 1.32. The normalized spacial score (nSPS) is 11.4. The fourth-order valence-corrected chi connectivity index (χ4v) is 3.61. The number of hydrogen-bond donors (Lipinski definition) is 1. The third kappa shape index (κ3) is 3.31. The molecule has 0 bridgehead atoms. The van der Waals surface area contributed by atoms with Crippen LogP contribution in [0.4, 0.5) is 4.39 Å². The van der Waals surface area contributed by atoms with Crippen LogP contribution in [0.5, 0.6) is 0 Å². The Balaban J connectivity index is 2.71. The Kier molecular flexibility index (Phi) is 4.58. The molecule has 0 heterocycles. The van der Waals surface area contributed by atoms with Gasteiger partial charge < -0.3 is 5.11 Å². The van der Waals surface area contributed by atoms with Crippen LogP contribution in [0.2, 0.25) is 0 Å². The Morgan fingerprint density at radius 3 is 2.41 bits per heavy atom. The summed E-state index contributed by atoms with van der Waals surface area (Å²) in [7, 11) is -3.70. The van der Waals surface area contributed by atoms with E-state index in [0.29, 0.717) is 16.0 Å². The highest BCUT2D eigenvalue weighted by atomic mass is 32.2. The third-order valence-corrected chi connectivity index (χ3v) is 5.00. The Hall–Kier alpha value is -1.86. The summed E-state index contributed by atoms with van der Waals surface area (Å²) < 4.78 is 36.9. The second-order valence-electron chi connectivity index (χ2n) is 4.63. The maximum Gasteiger partial charge on any atom is 0.337 e. The number of benzene rings is 2. The van der Waals surface area contributed by atoms with Crippen molar-refractivity contribution in [2.45, 2.75) is 9.79 Å². The number of carboxylic acids is 1. The van der Waals surface area contributed by atoms with E-state index < -0.39 is 21.6 Å². The molecular weight excluding hydrogens is 327 g/mol. The van der Waals surface area contributed by atoms with E-state index in [-0.39, 0.29) is 10.5 Å². The molecule has 0 saturated heterocycles. The minimum Gasteiger partial charge on any atom is -0.478 e. The van der Waals surface area contributed by atoms with Gasteiger partial charge in [-0.2, -0.15) is 0 Å². The van der Waals surface area contributed by atoms with E-state index in [1.165, 1.54) is 42.1 Å². The predicted molar refractivity (Wildman–Crippen MR) is 83.7 cm³/mol. The van der Waals surface area contributed by atoms with E-state index in [0.717, 1.165) is 6.26 Å². The lowest BCUT2D eigenvalue weighted by molar-refractivity contribution is 0.0692. The largest absolute Gasteiger partial charge is 0.478 e. The van der Waals surface area contributed by atoms with Gasteiger partial charge in [-0.05, 0) is 41.6 Å². The maximum atomic E-state index is 13.3. The molecule has 0 radical (unpaired) electrons. The number of thioether (sulfide) groups is 1. The Morgan fingerprint density at radius 2 is 1.86 bits per heavy atom. The smallest absolute Gasteiger partial charge is 0.337 e. The fraction of sp³-hybridized carbons (Fsp3) is 0.133. The molecule has 7 heteroatoms. The number of carboxylic acid groups (broad SMARTS) is 1. The van der Waals surface area contributed by atoms with E-state index in [4.69, 9.17) is 5.11 Å². The summed E-state index contributed by atoms with van der Waals surface area (Å²) in [4.78, 5) is 11.6. The molecule has 1 N–H and O–H groups in total. The molecule has 0 amide bonds. The fourth-order valence-electron chi connectivity index (χ4n) is 2.08. The average molecular weight is 340 g/mol. The highest BCUT2D eigenvalue weighted by molar-refractivity contribution is 7.98. The van der Waals surface area contributed by atoms with Gasteiger partial charge in [0.25, 0.3) is 0 Å². The van der Waals surface area contributed by atoms with Crippen LogP contribution in [0.25, 0.3) is 11.1 Å². The van der Waals surface area contributed by atoms with Crippen molar-refractivity contribution in [2.24, 2.45) is 0 Å². The molecule has 0 aliphatic rings. The Bertz CT molecular complexity index is 845. The summed E-state index contributed by atoms with van der Waals surface area (Å²) in [6.07, 6.45) is 2.74. The molecule has 0 aromatic heterocycles. The van der Waals surface area contributed by atoms with Gasteiger partial charge in [0.15, 0.2) is 9.84 Å². The van der Waals surface area contributed by atoms with Gasteiger partial charge in [0.05, 0.1) is 10.5 Å². The van der Waals surface area contributed by atoms with E-state index in [1.807, 2.05) is 0 Å². The molecule has 0 aliphatic carbocycles. The molecule has 2 rings (SSSR count). The number of aromatic carboxylic acids is 1. The number of sulfone groups is 1. The molecule has 22 heavy (non-hydrogen) atoms. The minimum atomic E-state index is -3.70. The molecule has 116 valence electrons. The van der Waals surface area contributed by atoms with Gasteiger partial charge in [-0.1, -0.05) is 12.1 Å². The van der Waals surface area contributed by atoms with Crippen molar-refractivity contribution in [3.63, 3.8) is 0 Å². The Morgan fingerprint density at radius 1 is 1.18 bits per heavy atom. The van der Waals surface area contributed by atoms with Gasteiger partial charge in [0.2, 0.25) is 0 Å². The second-order valence-corrected chi connectivity index (χ2v) is 7.47. The van der Waals surface area contributed by atoms with Crippen LogP contribution in [0, 0.1) is 5.82 Å². The monoisotopic (exact) mass is 340 g/mol. The van der Waals surface area contributed by atoms with Crippen molar-refractivity contribution in [2.75, 3.05) is 12.5 Å². The molecule has 4 nitrogen and oxygen atoms in total. The van der Waals surface area contributed by atoms with Crippen molar-refractivity contribution in [1.82, 2.24) is 0 Å². The van der Waals surface area contributed by atoms with Crippen LogP contribution in [-0.4, -0.2) is 32.0 Å². The number of hydrogen-bond acceptors (Lipinski definition) is 4. The van der Waals surface area contributed by atoms with E-state index in [1.54, 1.807) is 12.3 Å². The summed E-state index contributed by atoms with van der Waals surface area (Å²) in [6, 6.07) is 8.26. The SMILES string of the molecule is CSc1cc(F)ccc1-c1ccc(C(=O)O)c(S(C)(=O)=O)c1. The Labute approximate surface area is 131 Å². The van der Waals surface area contributed by atoms with Gasteiger partial charge in [0.1, 0.15) is 5.82 Å². The lowest BCUT2D eigenvalue weighted by Gasteiger charge is -2.11. The van der Waals surface area contributed by atoms with Gasteiger partial charge in [-0.15, -0.1) is 11.8 Å². The molecule has 0 atom stereocenters. The molecule has 0 fully saturated rings. The molecule has 0 unspecified atom stereocenters. The molecule has 0 aliphatic heterocycles. The van der Waals surface area contributed by atoms with Crippen LogP contribution in [0.3, 0.4) is 0 Å². The van der Waals surface area contributed by atoms with E-state index in [2.05, 4.69) is 0 Å². The molecular formula is C15H13FO4S2. The highest BCUT2D eigenvalue weighted by Crippen LogP contribution is 2.33. The zero-order valence-corrected chi connectivity index (χ0v) is 13.5. The minimum absolute atomic E-state index is 0.256. The zero-order chi connectivity index (χ0) is 16.5. The van der Waals surface area contributed by atoms with Gasteiger partial charge in [-0.25, -0.2) is 17.6 Å². The molecule has 0 spiro atoms. The quantitative estimate of drug-likeness (QED) is 0.865. The summed E-state index contributed by atoms with van der Waals surface area (Å²) in [5, 5.41) is 9.11. The van der Waals surface area contributed by atoms with Crippen LogP contribution in [-0.2, 0) is 9.84 Å². The van der Waals surface area contributed by atoms with Crippen molar-refractivity contribution in [3.05, 3.63) is 47.8 Å². The van der Waals surface area contributed by atoms with Crippen LogP contribution >= 0.6 is 11.8 Å². The van der Waals surface area contributed by atoms with Crippen LogP contribution in [0.15, 0.2) is 46.2 Å². The van der Waals surface area contributed by atoms with Crippen molar-refractivity contribution < 1.29 is 22.7 Å². The lowest BCUT2D eigenvalue weighted by Crippen LogP contribution is -2.07. The summed E-state index contributed by atoms with van der Waals surface area (Å²) in [6.45, 7) is 0. The van der Waals surface area contributed by atoms with E-state index in [9.17, 15) is 17.6 Å². The van der Waals surface area contributed by atoms with Crippen LogP contribution in [0.1, 0.15) is 10.4 Å². The first-order valence-corrected chi connectivity index (χ1v) is 9.27. The van der Waals surface area contributed by atoms with Gasteiger partial charge in [-0.3, -0.25) is 0 Å². The predicted octanol–water partition coefficient (Wildman–Crippen LogP) is 3.32.